The summed E-state index contributed by atoms with van der Waals surface area (Å²) in [6, 6.07) is 0.554. The number of piperidine rings is 1. The Kier molecular flexibility index (Phi) is 4.14. The average molecular weight is 295 g/mol. The predicted octanol–water partition coefficient (Wildman–Crippen LogP) is 1.57. The van der Waals surface area contributed by atoms with Crippen molar-refractivity contribution in [1.29, 1.82) is 0 Å². The molecule has 110 valence electrons. The lowest BCUT2D eigenvalue weighted by Gasteiger charge is -2.27. The fourth-order valence-electron chi connectivity index (χ4n) is 2.57. The Morgan fingerprint density at radius 1 is 1.25 bits per heavy atom. The molecular formula is C13H21N5OS. The van der Waals surface area contributed by atoms with Crippen LogP contribution in [0.2, 0.25) is 0 Å². The molecule has 2 N–H and O–H groups in total. The van der Waals surface area contributed by atoms with Gasteiger partial charge in [-0.2, -0.15) is 0 Å². The van der Waals surface area contributed by atoms with E-state index in [2.05, 4.69) is 19.7 Å². The van der Waals surface area contributed by atoms with E-state index >= 15 is 0 Å². The predicted molar refractivity (Wildman–Crippen MR) is 78.9 cm³/mol. The van der Waals surface area contributed by atoms with Gasteiger partial charge in [-0.1, -0.05) is 11.8 Å². The molecule has 0 unspecified atom stereocenters. The van der Waals surface area contributed by atoms with Gasteiger partial charge in [-0.05, 0) is 32.1 Å². The van der Waals surface area contributed by atoms with Gasteiger partial charge in [0.1, 0.15) is 0 Å². The topological polar surface area (TPSA) is 77.0 Å². The molecule has 0 spiro atoms. The monoisotopic (exact) mass is 295 g/mol. The van der Waals surface area contributed by atoms with Crippen LogP contribution in [0.4, 0.5) is 5.95 Å². The summed E-state index contributed by atoms with van der Waals surface area (Å²) in [5, 5.41) is 9.67. The van der Waals surface area contributed by atoms with E-state index in [0.29, 0.717) is 18.2 Å². The van der Waals surface area contributed by atoms with Crippen molar-refractivity contribution in [3.63, 3.8) is 0 Å². The summed E-state index contributed by atoms with van der Waals surface area (Å²) >= 11 is 1.59. The van der Waals surface area contributed by atoms with E-state index in [1.807, 2.05) is 0 Å². The van der Waals surface area contributed by atoms with Gasteiger partial charge in [-0.15, -0.1) is 10.2 Å². The molecule has 2 heterocycles. The second kappa shape index (κ2) is 6.03. The molecule has 1 aliphatic heterocycles. The number of hydrogen-bond donors (Lipinski definition) is 1. The summed E-state index contributed by atoms with van der Waals surface area (Å²) in [6.07, 6.45) is 6.60. The van der Waals surface area contributed by atoms with Crippen LogP contribution in [0.3, 0.4) is 0 Å². The fourth-order valence-corrected chi connectivity index (χ4v) is 3.53. The van der Waals surface area contributed by atoms with E-state index in [9.17, 15) is 4.79 Å². The van der Waals surface area contributed by atoms with Crippen LogP contribution in [0.25, 0.3) is 0 Å². The second-order valence-electron chi connectivity index (χ2n) is 5.50. The maximum Gasteiger partial charge on any atom is 0.228 e. The van der Waals surface area contributed by atoms with E-state index in [-0.39, 0.29) is 5.91 Å². The summed E-state index contributed by atoms with van der Waals surface area (Å²) in [6.45, 7) is 2.16. The van der Waals surface area contributed by atoms with Crippen LogP contribution in [0.5, 0.6) is 0 Å². The summed E-state index contributed by atoms with van der Waals surface area (Å²) in [5.41, 5.74) is 5.19. The molecule has 2 fully saturated rings. The van der Waals surface area contributed by atoms with Crippen LogP contribution in [0.1, 0.15) is 44.6 Å². The van der Waals surface area contributed by atoms with Crippen molar-refractivity contribution in [2.75, 3.05) is 23.7 Å². The van der Waals surface area contributed by atoms with Gasteiger partial charge in [-0.25, -0.2) is 0 Å². The number of carbonyl (C=O) groups excluding carboxylic acids is 1. The molecule has 0 radical (unpaired) electrons. The van der Waals surface area contributed by atoms with Crippen molar-refractivity contribution in [2.24, 2.45) is 5.73 Å². The largest absolute Gasteiger partial charge is 0.370 e. The van der Waals surface area contributed by atoms with Crippen LogP contribution in [0.15, 0.2) is 5.16 Å². The molecule has 1 aromatic heterocycles. The highest BCUT2D eigenvalue weighted by Gasteiger charge is 2.31. The molecule has 1 saturated heterocycles. The standard InChI is InChI=1S/C13H21N5OS/c14-11(19)6-9-20-13-16-15-12(18(13)10-4-5-10)17-7-2-1-3-8-17/h10H,1-9H2,(H2,14,19). The van der Waals surface area contributed by atoms with Gasteiger partial charge in [0, 0.05) is 31.3 Å². The minimum Gasteiger partial charge on any atom is -0.370 e. The SMILES string of the molecule is NC(=O)CCSc1nnc(N2CCCCC2)n1C1CC1. The first-order chi connectivity index (χ1) is 9.75. The molecule has 3 rings (SSSR count). The van der Waals surface area contributed by atoms with Gasteiger partial charge in [0.15, 0.2) is 5.16 Å². The summed E-state index contributed by atoms with van der Waals surface area (Å²) in [7, 11) is 0. The molecule has 1 amide bonds. The van der Waals surface area contributed by atoms with Crippen LogP contribution >= 0.6 is 11.8 Å². The summed E-state index contributed by atoms with van der Waals surface area (Å²) < 4.78 is 2.27. The Morgan fingerprint density at radius 2 is 2.00 bits per heavy atom. The quantitative estimate of drug-likeness (QED) is 0.806. The summed E-state index contributed by atoms with van der Waals surface area (Å²) in [5.74, 6) is 1.44. The number of rotatable bonds is 6. The first-order valence-corrected chi connectivity index (χ1v) is 8.35. The Bertz CT molecular complexity index is 479. The van der Waals surface area contributed by atoms with Crippen molar-refractivity contribution in [1.82, 2.24) is 14.8 Å². The lowest BCUT2D eigenvalue weighted by molar-refractivity contribution is -0.117. The third kappa shape index (κ3) is 3.08. The van der Waals surface area contributed by atoms with Crippen LogP contribution in [-0.2, 0) is 4.79 Å². The zero-order chi connectivity index (χ0) is 13.9. The molecule has 1 saturated carbocycles. The van der Waals surface area contributed by atoms with E-state index in [0.717, 1.165) is 24.2 Å². The Balaban J connectivity index is 1.73. The number of nitrogens with zero attached hydrogens (tertiary/aromatic N) is 4. The molecule has 2 aliphatic rings. The van der Waals surface area contributed by atoms with Crippen molar-refractivity contribution in [2.45, 2.75) is 49.7 Å². The molecule has 0 aromatic carbocycles. The number of thioether (sulfide) groups is 1. The van der Waals surface area contributed by atoms with E-state index in [1.54, 1.807) is 11.8 Å². The molecule has 20 heavy (non-hydrogen) atoms. The third-order valence-electron chi connectivity index (χ3n) is 3.78. The maximum atomic E-state index is 10.8. The Morgan fingerprint density at radius 3 is 2.65 bits per heavy atom. The number of hydrogen-bond acceptors (Lipinski definition) is 5. The van der Waals surface area contributed by atoms with Gasteiger partial charge in [0.25, 0.3) is 0 Å². The number of nitrogens with two attached hydrogens (primary N) is 1. The molecule has 0 bridgehead atoms. The van der Waals surface area contributed by atoms with Crippen molar-refractivity contribution in [3.8, 4) is 0 Å². The first kappa shape index (κ1) is 13.7. The molecule has 7 heteroatoms. The molecule has 6 nitrogen and oxygen atoms in total. The van der Waals surface area contributed by atoms with E-state index < -0.39 is 0 Å². The van der Waals surface area contributed by atoms with Gasteiger partial charge < -0.3 is 10.6 Å². The van der Waals surface area contributed by atoms with E-state index in [4.69, 9.17) is 5.73 Å². The number of carbonyl (C=O) groups is 1. The van der Waals surface area contributed by atoms with Crippen molar-refractivity contribution >= 4 is 23.6 Å². The molecular weight excluding hydrogens is 274 g/mol. The van der Waals surface area contributed by atoms with E-state index in [1.165, 1.54) is 32.1 Å². The number of primary amides is 1. The maximum absolute atomic E-state index is 10.8. The van der Waals surface area contributed by atoms with Crippen LogP contribution in [0, 0.1) is 0 Å². The minimum absolute atomic E-state index is 0.258. The molecule has 1 aliphatic carbocycles. The normalized spacial score (nSPS) is 19.3. The van der Waals surface area contributed by atoms with Gasteiger partial charge in [-0.3, -0.25) is 9.36 Å². The van der Waals surface area contributed by atoms with Crippen molar-refractivity contribution in [3.05, 3.63) is 0 Å². The van der Waals surface area contributed by atoms with Crippen LogP contribution in [-0.4, -0.2) is 39.5 Å². The lowest BCUT2D eigenvalue weighted by Crippen LogP contribution is -2.31. The highest BCUT2D eigenvalue weighted by atomic mass is 32.2. The Hall–Kier alpha value is -1.24. The van der Waals surface area contributed by atoms with Gasteiger partial charge >= 0.3 is 0 Å². The fraction of sp³-hybridized carbons (Fsp3) is 0.769. The third-order valence-corrected chi connectivity index (χ3v) is 4.72. The molecule has 1 aromatic rings. The highest BCUT2D eigenvalue weighted by molar-refractivity contribution is 7.99. The lowest BCUT2D eigenvalue weighted by atomic mass is 10.1. The Labute approximate surface area is 123 Å². The smallest absolute Gasteiger partial charge is 0.228 e. The first-order valence-electron chi connectivity index (χ1n) is 7.36. The van der Waals surface area contributed by atoms with Gasteiger partial charge in [0.05, 0.1) is 0 Å². The van der Waals surface area contributed by atoms with Crippen molar-refractivity contribution < 1.29 is 4.79 Å². The second-order valence-corrected chi connectivity index (χ2v) is 6.56. The van der Waals surface area contributed by atoms with Crippen LogP contribution < -0.4 is 10.6 Å². The zero-order valence-corrected chi connectivity index (χ0v) is 12.4. The number of aromatic nitrogens is 3. The number of amides is 1. The van der Waals surface area contributed by atoms with Gasteiger partial charge in [0.2, 0.25) is 11.9 Å². The molecule has 0 atom stereocenters. The highest BCUT2D eigenvalue weighted by Crippen LogP contribution is 2.41. The summed E-state index contributed by atoms with van der Waals surface area (Å²) in [4.78, 5) is 13.2. The number of anilines is 1. The average Bonchev–Trinajstić information content (AvgIpc) is 3.20. The zero-order valence-electron chi connectivity index (χ0n) is 11.6. The minimum atomic E-state index is -0.258.